The number of anilines is 1. The van der Waals surface area contributed by atoms with E-state index in [1.54, 1.807) is 12.3 Å². The van der Waals surface area contributed by atoms with Gasteiger partial charge in [-0.3, -0.25) is 5.43 Å². The van der Waals surface area contributed by atoms with E-state index in [-0.39, 0.29) is 0 Å². The Bertz CT molecular complexity index is 448. The van der Waals surface area contributed by atoms with Crippen LogP contribution in [0, 0.1) is 11.8 Å². The van der Waals surface area contributed by atoms with Gasteiger partial charge in [0.25, 0.3) is 0 Å². The van der Waals surface area contributed by atoms with Crippen molar-refractivity contribution in [3.8, 4) is 0 Å². The molecule has 0 unspecified atom stereocenters. The Kier molecular flexibility index (Phi) is 4.46. The average Bonchev–Trinajstić information content (AvgIpc) is 2.31. The number of hydrogen-bond donors (Lipinski definition) is 1. The van der Waals surface area contributed by atoms with Crippen molar-refractivity contribution in [3.05, 3.63) is 22.3 Å². The second-order valence-electron chi connectivity index (χ2n) is 4.87. The quantitative estimate of drug-likeness (QED) is 0.806. The van der Waals surface area contributed by atoms with Gasteiger partial charge in [0.05, 0.1) is 10.0 Å². The first-order valence-electron chi connectivity index (χ1n) is 6.22. The molecule has 1 N–H and O–H groups in total. The van der Waals surface area contributed by atoms with Gasteiger partial charge in [-0.05, 0) is 30.7 Å². The van der Waals surface area contributed by atoms with Gasteiger partial charge in [-0.15, -0.1) is 0 Å². The summed E-state index contributed by atoms with van der Waals surface area (Å²) in [7, 11) is 0. The number of pyridine rings is 1. The minimum Gasteiger partial charge on any atom is -0.260 e. The minimum atomic E-state index is 0.489. The van der Waals surface area contributed by atoms with Gasteiger partial charge in [0.1, 0.15) is 0 Å². The van der Waals surface area contributed by atoms with E-state index in [0.717, 1.165) is 0 Å². The normalized spacial score (nSPS) is 23.9. The third-order valence-electron chi connectivity index (χ3n) is 3.38. The summed E-state index contributed by atoms with van der Waals surface area (Å²) in [6, 6.07) is 1.66. The lowest BCUT2D eigenvalue weighted by atomic mass is 9.81. The highest BCUT2D eigenvalue weighted by Crippen LogP contribution is 2.27. The number of nitrogens with one attached hydrogen (secondary N) is 1. The first-order chi connectivity index (χ1) is 8.58. The molecule has 0 aliphatic heterocycles. The number of halogens is 2. The Morgan fingerprint density at radius 1 is 1.28 bits per heavy atom. The van der Waals surface area contributed by atoms with Crippen molar-refractivity contribution >= 4 is 34.7 Å². The van der Waals surface area contributed by atoms with E-state index in [9.17, 15) is 0 Å². The van der Waals surface area contributed by atoms with Gasteiger partial charge in [0.15, 0.2) is 5.82 Å². The molecule has 0 saturated heterocycles. The highest BCUT2D eigenvalue weighted by Gasteiger charge is 2.22. The zero-order valence-electron chi connectivity index (χ0n) is 10.6. The summed E-state index contributed by atoms with van der Waals surface area (Å²) in [5, 5.41) is 5.50. The molecule has 1 saturated carbocycles. The SMILES string of the molecule is C[C@@H]1CCC[C@@H](C)C1=NNc1ncc(Cl)cc1Cl. The van der Waals surface area contributed by atoms with Crippen LogP contribution in [0.5, 0.6) is 0 Å². The van der Waals surface area contributed by atoms with Crippen molar-refractivity contribution in [2.45, 2.75) is 33.1 Å². The maximum absolute atomic E-state index is 6.04. The summed E-state index contributed by atoms with van der Waals surface area (Å²) < 4.78 is 0. The number of rotatable bonds is 2. The molecule has 2 atom stereocenters. The number of hydrogen-bond acceptors (Lipinski definition) is 3. The zero-order chi connectivity index (χ0) is 13.1. The summed E-state index contributed by atoms with van der Waals surface area (Å²) in [6.45, 7) is 4.43. The van der Waals surface area contributed by atoms with Crippen molar-refractivity contribution in [1.82, 2.24) is 4.98 Å². The van der Waals surface area contributed by atoms with Gasteiger partial charge in [-0.1, -0.05) is 43.5 Å². The summed E-state index contributed by atoms with van der Waals surface area (Å²) in [5.74, 6) is 1.60. The fourth-order valence-corrected chi connectivity index (χ4v) is 2.77. The van der Waals surface area contributed by atoms with Gasteiger partial charge < -0.3 is 0 Å². The maximum Gasteiger partial charge on any atom is 0.165 e. The minimum absolute atomic E-state index is 0.489. The summed E-state index contributed by atoms with van der Waals surface area (Å²) in [4.78, 5) is 4.13. The molecule has 2 rings (SSSR count). The van der Waals surface area contributed by atoms with Crippen LogP contribution < -0.4 is 5.43 Å². The van der Waals surface area contributed by atoms with Crippen molar-refractivity contribution in [2.24, 2.45) is 16.9 Å². The standard InChI is InChI=1S/C13H17Cl2N3/c1-8-4-3-5-9(2)12(8)17-18-13-11(15)6-10(14)7-16-13/h6-9H,3-5H2,1-2H3,(H,16,18)/t8-,9-/m1/s1. The molecule has 1 fully saturated rings. The predicted octanol–water partition coefficient (Wildman–Crippen LogP) is 4.61. The Morgan fingerprint density at radius 2 is 1.94 bits per heavy atom. The molecule has 1 aromatic heterocycles. The maximum atomic E-state index is 6.04. The Labute approximate surface area is 118 Å². The lowest BCUT2D eigenvalue weighted by Crippen LogP contribution is -2.25. The molecule has 0 amide bonds. The van der Waals surface area contributed by atoms with Crippen LogP contribution in [0.4, 0.5) is 5.82 Å². The van der Waals surface area contributed by atoms with Crippen LogP contribution in [0.1, 0.15) is 33.1 Å². The molecular weight excluding hydrogens is 269 g/mol. The molecule has 1 aromatic rings. The predicted molar refractivity (Wildman–Crippen MR) is 77.5 cm³/mol. The van der Waals surface area contributed by atoms with Crippen molar-refractivity contribution in [2.75, 3.05) is 5.43 Å². The second kappa shape index (κ2) is 5.89. The number of aromatic nitrogens is 1. The molecule has 3 nitrogen and oxygen atoms in total. The van der Waals surface area contributed by atoms with Crippen LogP contribution >= 0.6 is 23.2 Å². The van der Waals surface area contributed by atoms with Gasteiger partial charge in [0, 0.05) is 11.9 Å². The van der Waals surface area contributed by atoms with Gasteiger partial charge >= 0.3 is 0 Å². The molecule has 1 heterocycles. The molecule has 5 heteroatoms. The van der Waals surface area contributed by atoms with Crippen molar-refractivity contribution in [3.63, 3.8) is 0 Å². The molecule has 18 heavy (non-hydrogen) atoms. The molecular formula is C13H17Cl2N3. The highest BCUT2D eigenvalue weighted by molar-refractivity contribution is 6.35. The largest absolute Gasteiger partial charge is 0.260 e. The topological polar surface area (TPSA) is 37.3 Å². The van der Waals surface area contributed by atoms with E-state index >= 15 is 0 Å². The lowest BCUT2D eigenvalue weighted by molar-refractivity contribution is 0.486. The molecule has 0 spiro atoms. The third-order valence-corrected chi connectivity index (χ3v) is 3.88. The van der Waals surface area contributed by atoms with E-state index in [4.69, 9.17) is 23.2 Å². The van der Waals surface area contributed by atoms with E-state index in [1.165, 1.54) is 25.0 Å². The highest BCUT2D eigenvalue weighted by atomic mass is 35.5. The van der Waals surface area contributed by atoms with Crippen LogP contribution in [-0.2, 0) is 0 Å². The first-order valence-corrected chi connectivity index (χ1v) is 6.98. The van der Waals surface area contributed by atoms with E-state index in [0.29, 0.717) is 27.7 Å². The van der Waals surface area contributed by atoms with Crippen LogP contribution in [0.25, 0.3) is 0 Å². The van der Waals surface area contributed by atoms with Crippen LogP contribution in [0.15, 0.2) is 17.4 Å². The van der Waals surface area contributed by atoms with Gasteiger partial charge in [-0.2, -0.15) is 5.10 Å². The molecule has 1 aliphatic rings. The van der Waals surface area contributed by atoms with E-state index < -0.39 is 0 Å². The molecule has 0 aromatic carbocycles. The first kappa shape index (κ1) is 13.6. The number of hydrazone groups is 1. The van der Waals surface area contributed by atoms with Gasteiger partial charge in [-0.25, -0.2) is 4.98 Å². The fourth-order valence-electron chi connectivity index (χ4n) is 2.35. The molecule has 1 aliphatic carbocycles. The molecule has 0 radical (unpaired) electrons. The molecule has 0 bridgehead atoms. The second-order valence-corrected chi connectivity index (χ2v) is 5.71. The van der Waals surface area contributed by atoms with E-state index in [1.807, 2.05) is 0 Å². The monoisotopic (exact) mass is 285 g/mol. The van der Waals surface area contributed by atoms with Crippen LogP contribution in [0.3, 0.4) is 0 Å². The van der Waals surface area contributed by atoms with Crippen molar-refractivity contribution in [1.29, 1.82) is 0 Å². The smallest absolute Gasteiger partial charge is 0.165 e. The van der Waals surface area contributed by atoms with Crippen LogP contribution in [0.2, 0.25) is 10.0 Å². The lowest BCUT2D eigenvalue weighted by Gasteiger charge is -2.26. The summed E-state index contributed by atoms with van der Waals surface area (Å²) in [6.07, 6.45) is 5.24. The Balaban J connectivity index is 2.13. The molecule has 98 valence electrons. The van der Waals surface area contributed by atoms with Gasteiger partial charge in [0.2, 0.25) is 0 Å². The average molecular weight is 286 g/mol. The zero-order valence-corrected chi connectivity index (χ0v) is 12.1. The third kappa shape index (κ3) is 3.15. The van der Waals surface area contributed by atoms with Crippen molar-refractivity contribution < 1.29 is 0 Å². The summed E-state index contributed by atoms with van der Waals surface area (Å²) in [5.41, 5.74) is 4.16. The van der Waals surface area contributed by atoms with Crippen LogP contribution in [-0.4, -0.2) is 10.7 Å². The Hall–Kier alpha value is -0.800. The summed E-state index contributed by atoms with van der Waals surface area (Å²) >= 11 is 11.8. The fraction of sp³-hybridized carbons (Fsp3) is 0.538. The Morgan fingerprint density at radius 3 is 2.56 bits per heavy atom. The number of nitrogens with zero attached hydrogens (tertiary/aromatic N) is 2. The van der Waals surface area contributed by atoms with E-state index in [2.05, 4.69) is 29.4 Å².